The van der Waals surface area contributed by atoms with Crippen LogP contribution in [0, 0.1) is 5.92 Å². The summed E-state index contributed by atoms with van der Waals surface area (Å²) in [6, 6.07) is 7.55. The Morgan fingerprint density at radius 3 is 2.95 bits per heavy atom. The fourth-order valence-electron chi connectivity index (χ4n) is 2.43. The zero-order valence-electron chi connectivity index (χ0n) is 10.5. The van der Waals surface area contributed by atoms with Crippen LogP contribution in [0.2, 0.25) is 0 Å². The van der Waals surface area contributed by atoms with Crippen LogP contribution < -0.4 is 5.32 Å². The normalized spacial score (nSPS) is 20.7. The van der Waals surface area contributed by atoms with E-state index >= 15 is 0 Å². The Kier molecular flexibility index (Phi) is 3.56. The Labute approximate surface area is 116 Å². The average molecular weight is 296 g/mol. The number of hydrogen-bond acceptors (Lipinski definition) is 5. The van der Waals surface area contributed by atoms with Crippen LogP contribution in [0.4, 0.5) is 0 Å². The Hall–Kier alpha value is -0.980. The molecule has 0 bridgehead atoms. The van der Waals surface area contributed by atoms with Gasteiger partial charge in [0.05, 0.1) is 16.0 Å². The van der Waals surface area contributed by atoms with Gasteiger partial charge in [-0.3, -0.25) is 0 Å². The molecule has 1 atom stereocenters. The molecule has 3 rings (SSSR count). The first-order chi connectivity index (χ1) is 9.15. The molecule has 1 aliphatic rings. The Bertz CT molecular complexity index is 640. The highest BCUT2D eigenvalue weighted by molar-refractivity contribution is 7.93. The van der Waals surface area contributed by atoms with Crippen LogP contribution in [0.3, 0.4) is 0 Å². The van der Waals surface area contributed by atoms with E-state index in [2.05, 4.69) is 10.3 Å². The maximum absolute atomic E-state index is 12.4. The van der Waals surface area contributed by atoms with E-state index in [1.54, 1.807) is 0 Å². The lowest BCUT2D eigenvalue weighted by molar-refractivity contribution is 0.404. The number of nitrogens with one attached hydrogen (secondary N) is 1. The fourth-order valence-corrected chi connectivity index (χ4v) is 5.40. The van der Waals surface area contributed by atoms with Crippen LogP contribution in [0.5, 0.6) is 0 Å². The summed E-state index contributed by atoms with van der Waals surface area (Å²) in [7, 11) is -3.25. The van der Waals surface area contributed by atoms with Crippen molar-refractivity contribution in [1.29, 1.82) is 0 Å². The van der Waals surface area contributed by atoms with Crippen molar-refractivity contribution < 1.29 is 8.42 Å². The first kappa shape index (κ1) is 13.0. The average Bonchev–Trinajstić information content (AvgIpc) is 2.84. The summed E-state index contributed by atoms with van der Waals surface area (Å²) in [5.41, 5.74) is 0.771. The first-order valence-corrected chi connectivity index (χ1v) is 8.91. The number of benzene rings is 1. The highest BCUT2D eigenvalue weighted by Crippen LogP contribution is 2.27. The molecule has 0 saturated carbocycles. The number of thiazole rings is 1. The predicted molar refractivity (Wildman–Crippen MR) is 77.3 cm³/mol. The van der Waals surface area contributed by atoms with Gasteiger partial charge in [0.15, 0.2) is 0 Å². The SMILES string of the molecule is O=S(=O)(C[C@@H]1CCCNC1)c1nc2ccccc2s1. The molecular weight excluding hydrogens is 280 g/mol. The first-order valence-electron chi connectivity index (χ1n) is 6.44. The summed E-state index contributed by atoms with van der Waals surface area (Å²) in [4.78, 5) is 4.26. The van der Waals surface area contributed by atoms with Gasteiger partial charge in [-0.2, -0.15) is 0 Å². The topological polar surface area (TPSA) is 59.1 Å². The van der Waals surface area contributed by atoms with E-state index in [1.165, 1.54) is 11.3 Å². The fraction of sp³-hybridized carbons (Fsp3) is 0.462. The highest BCUT2D eigenvalue weighted by Gasteiger charge is 2.25. The lowest BCUT2D eigenvalue weighted by Crippen LogP contribution is -2.33. The summed E-state index contributed by atoms with van der Waals surface area (Å²) in [5, 5.41) is 3.25. The quantitative estimate of drug-likeness (QED) is 0.942. The summed E-state index contributed by atoms with van der Waals surface area (Å²) in [5.74, 6) is 0.422. The predicted octanol–water partition coefficient (Wildman–Crippen LogP) is 2.07. The largest absolute Gasteiger partial charge is 0.316 e. The number of nitrogens with zero attached hydrogens (tertiary/aromatic N) is 1. The molecule has 102 valence electrons. The van der Waals surface area contributed by atoms with Crippen LogP contribution in [0.25, 0.3) is 10.2 Å². The zero-order chi connectivity index (χ0) is 13.3. The molecule has 1 saturated heterocycles. The van der Waals surface area contributed by atoms with Gasteiger partial charge in [-0.15, -0.1) is 11.3 Å². The third-order valence-corrected chi connectivity index (χ3v) is 6.77. The maximum atomic E-state index is 12.4. The maximum Gasteiger partial charge on any atom is 0.210 e. The van der Waals surface area contributed by atoms with Crippen molar-refractivity contribution in [2.75, 3.05) is 18.8 Å². The van der Waals surface area contributed by atoms with Crippen molar-refractivity contribution in [2.24, 2.45) is 5.92 Å². The summed E-state index contributed by atoms with van der Waals surface area (Å²) >= 11 is 1.27. The summed E-state index contributed by atoms with van der Waals surface area (Å²) < 4.78 is 26.0. The smallest absolute Gasteiger partial charge is 0.210 e. The van der Waals surface area contributed by atoms with Gasteiger partial charge in [-0.1, -0.05) is 12.1 Å². The molecule has 6 heteroatoms. The van der Waals surface area contributed by atoms with Crippen LogP contribution in [0.1, 0.15) is 12.8 Å². The van der Waals surface area contributed by atoms with Crippen molar-refractivity contribution in [3.05, 3.63) is 24.3 Å². The second-order valence-electron chi connectivity index (χ2n) is 4.94. The molecule has 1 N–H and O–H groups in total. The van der Waals surface area contributed by atoms with Gasteiger partial charge in [0.2, 0.25) is 14.2 Å². The molecule has 19 heavy (non-hydrogen) atoms. The number of sulfone groups is 1. The Balaban J connectivity index is 1.86. The van der Waals surface area contributed by atoms with E-state index in [9.17, 15) is 8.42 Å². The lowest BCUT2D eigenvalue weighted by Gasteiger charge is -2.21. The molecule has 2 aromatic rings. The van der Waals surface area contributed by atoms with Crippen molar-refractivity contribution in [3.63, 3.8) is 0 Å². The molecule has 1 fully saturated rings. The third-order valence-electron chi connectivity index (χ3n) is 3.39. The second-order valence-corrected chi connectivity index (χ2v) is 8.18. The van der Waals surface area contributed by atoms with E-state index in [1.807, 2.05) is 24.3 Å². The lowest BCUT2D eigenvalue weighted by atomic mass is 10.0. The zero-order valence-corrected chi connectivity index (χ0v) is 12.1. The van der Waals surface area contributed by atoms with Gasteiger partial charge < -0.3 is 5.32 Å². The minimum atomic E-state index is -3.25. The van der Waals surface area contributed by atoms with Gasteiger partial charge in [0.25, 0.3) is 0 Å². The third kappa shape index (κ3) is 2.80. The van der Waals surface area contributed by atoms with E-state index in [0.717, 1.165) is 36.1 Å². The molecule has 0 aliphatic carbocycles. The minimum Gasteiger partial charge on any atom is -0.316 e. The van der Waals surface area contributed by atoms with Gasteiger partial charge in [-0.05, 0) is 44.0 Å². The number of para-hydroxylation sites is 1. The minimum absolute atomic E-state index is 0.208. The van der Waals surface area contributed by atoms with E-state index in [4.69, 9.17) is 0 Å². The number of aromatic nitrogens is 1. The van der Waals surface area contributed by atoms with Crippen molar-refractivity contribution >= 4 is 31.4 Å². The summed E-state index contributed by atoms with van der Waals surface area (Å²) in [6.07, 6.45) is 2.04. The van der Waals surface area contributed by atoms with E-state index < -0.39 is 9.84 Å². The number of piperidine rings is 1. The highest BCUT2D eigenvalue weighted by atomic mass is 32.2. The van der Waals surface area contributed by atoms with Crippen molar-refractivity contribution in [3.8, 4) is 0 Å². The monoisotopic (exact) mass is 296 g/mol. The standard InChI is InChI=1S/C13H16N2O2S2/c16-19(17,9-10-4-3-7-14-8-10)13-15-11-5-1-2-6-12(11)18-13/h1-2,5-6,10,14H,3-4,7-9H2/t10-/m1/s1. The van der Waals surface area contributed by atoms with Gasteiger partial charge in [0, 0.05) is 0 Å². The second kappa shape index (κ2) is 5.19. The number of hydrogen-bond donors (Lipinski definition) is 1. The summed E-state index contributed by atoms with van der Waals surface area (Å²) in [6.45, 7) is 1.79. The van der Waals surface area contributed by atoms with Crippen LogP contribution in [-0.2, 0) is 9.84 Å². The van der Waals surface area contributed by atoms with Crippen LogP contribution in [-0.4, -0.2) is 32.2 Å². The number of fused-ring (bicyclic) bond motifs is 1. The molecule has 2 heterocycles. The van der Waals surface area contributed by atoms with Crippen molar-refractivity contribution in [2.45, 2.75) is 17.2 Å². The molecular formula is C13H16N2O2S2. The van der Waals surface area contributed by atoms with E-state index in [-0.39, 0.29) is 16.0 Å². The van der Waals surface area contributed by atoms with Crippen molar-refractivity contribution in [1.82, 2.24) is 10.3 Å². The van der Waals surface area contributed by atoms with Crippen LogP contribution >= 0.6 is 11.3 Å². The molecule has 0 amide bonds. The van der Waals surface area contributed by atoms with Gasteiger partial charge in [0.1, 0.15) is 0 Å². The van der Waals surface area contributed by atoms with Crippen LogP contribution in [0.15, 0.2) is 28.6 Å². The van der Waals surface area contributed by atoms with Gasteiger partial charge >= 0.3 is 0 Å². The molecule has 0 radical (unpaired) electrons. The number of rotatable bonds is 3. The Morgan fingerprint density at radius 1 is 1.37 bits per heavy atom. The molecule has 0 unspecified atom stereocenters. The molecule has 1 aromatic carbocycles. The molecule has 0 spiro atoms. The van der Waals surface area contributed by atoms with E-state index in [0.29, 0.717) is 0 Å². The Morgan fingerprint density at radius 2 is 2.21 bits per heavy atom. The van der Waals surface area contributed by atoms with Gasteiger partial charge in [-0.25, -0.2) is 13.4 Å². The molecule has 1 aromatic heterocycles. The molecule has 4 nitrogen and oxygen atoms in total. The molecule has 1 aliphatic heterocycles.